The Balaban J connectivity index is 1.91. The molecule has 19 heavy (non-hydrogen) atoms. The number of esters is 1. The first-order chi connectivity index (χ1) is 9.19. The van der Waals surface area contributed by atoms with E-state index in [1.54, 1.807) is 31.0 Å². The monoisotopic (exact) mass is 265 g/mol. The zero-order valence-corrected chi connectivity index (χ0v) is 10.8. The van der Waals surface area contributed by atoms with E-state index in [0.717, 1.165) is 0 Å². The molecular weight excluding hydrogens is 250 g/mol. The molecule has 0 aliphatic carbocycles. The zero-order valence-electron chi connectivity index (χ0n) is 10.8. The van der Waals surface area contributed by atoms with Crippen LogP contribution in [-0.4, -0.2) is 41.2 Å². The fraction of sp³-hybridized carbons (Fsp3) is 0.417. The van der Waals surface area contributed by atoms with Crippen molar-refractivity contribution >= 4 is 5.97 Å². The third-order valence-electron chi connectivity index (χ3n) is 2.32. The van der Waals surface area contributed by atoms with Crippen LogP contribution in [0.3, 0.4) is 0 Å². The van der Waals surface area contributed by atoms with E-state index in [4.69, 9.17) is 13.7 Å². The van der Waals surface area contributed by atoms with Crippen LogP contribution in [0.4, 0.5) is 0 Å². The van der Waals surface area contributed by atoms with E-state index in [-0.39, 0.29) is 12.5 Å². The lowest BCUT2D eigenvalue weighted by Gasteiger charge is -2.12. The van der Waals surface area contributed by atoms with Crippen molar-refractivity contribution in [1.82, 2.24) is 15.0 Å². The Morgan fingerprint density at radius 1 is 1.53 bits per heavy atom. The van der Waals surface area contributed by atoms with Crippen molar-refractivity contribution in [1.29, 1.82) is 0 Å². The molecule has 102 valence electrons. The van der Waals surface area contributed by atoms with E-state index in [0.29, 0.717) is 30.6 Å². The Bertz CT molecular complexity index is 521. The molecule has 0 spiro atoms. The fourth-order valence-corrected chi connectivity index (χ4v) is 1.54. The van der Waals surface area contributed by atoms with Gasteiger partial charge in [0.15, 0.2) is 5.76 Å². The van der Waals surface area contributed by atoms with Crippen molar-refractivity contribution in [2.24, 2.45) is 0 Å². The van der Waals surface area contributed by atoms with Gasteiger partial charge in [0, 0.05) is 0 Å². The molecule has 2 aromatic heterocycles. The molecule has 0 fully saturated rings. The van der Waals surface area contributed by atoms with Crippen molar-refractivity contribution in [3.8, 4) is 11.6 Å². The average Bonchev–Trinajstić information content (AvgIpc) is 2.98. The molecule has 2 aromatic rings. The summed E-state index contributed by atoms with van der Waals surface area (Å²) >= 11 is 0. The van der Waals surface area contributed by atoms with Crippen molar-refractivity contribution in [2.75, 3.05) is 20.2 Å². The van der Waals surface area contributed by atoms with Crippen LogP contribution in [0.2, 0.25) is 0 Å². The van der Waals surface area contributed by atoms with Crippen molar-refractivity contribution in [2.45, 2.75) is 13.5 Å². The van der Waals surface area contributed by atoms with Gasteiger partial charge in [0.05, 0.1) is 26.0 Å². The lowest BCUT2D eigenvalue weighted by molar-refractivity contribution is -0.144. The standard InChI is InChI=1S/C12H15N3O4/c1-3-17-11(16)8-15(2)7-10-13-12(14-19-10)9-5-4-6-18-9/h4-6H,3,7-8H2,1-2H3. The van der Waals surface area contributed by atoms with Crippen molar-refractivity contribution < 1.29 is 18.5 Å². The predicted molar refractivity (Wildman–Crippen MR) is 65.0 cm³/mol. The number of aromatic nitrogens is 2. The number of carbonyl (C=O) groups is 1. The van der Waals surface area contributed by atoms with Gasteiger partial charge in [0.2, 0.25) is 11.7 Å². The fourth-order valence-electron chi connectivity index (χ4n) is 1.54. The maximum absolute atomic E-state index is 11.3. The Hall–Kier alpha value is -2.15. The summed E-state index contributed by atoms with van der Waals surface area (Å²) in [6.07, 6.45) is 1.54. The van der Waals surface area contributed by atoms with Crippen LogP contribution >= 0.6 is 0 Å². The SMILES string of the molecule is CCOC(=O)CN(C)Cc1nc(-c2ccco2)no1. The normalized spacial score (nSPS) is 10.9. The lowest BCUT2D eigenvalue weighted by atomic mass is 10.4. The maximum atomic E-state index is 11.3. The summed E-state index contributed by atoms with van der Waals surface area (Å²) in [4.78, 5) is 17.2. The van der Waals surface area contributed by atoms with E-state index < -0.39 is 0 Å². The van der Waals surface area contributed by atoms with Crippen LogP contribution in [0.15, 0.2) is 27.3 Å². The minimum absolute atomic E-state index is 0.173. The molecule has 7 nitrogen and oxygen atoms in total. The van der Waals surface area contributed by atoms with Gasteiger partial charge in [-0.15, -0.1) is 0 Å². The van der Waals surface area contributed by atoms with Crippen LogP contribution in [0.1, 0.15) is 12.8 Å². The Morgan fingerprint density at radius 3 is 3.05 bits per heavy atom. The minimum atomic E-state index is -0.282. The molecule has 0 aliphatic heterocycles. The van der Waals surface area contributed by atoms with Gasteiger partial charge in [-0.1, -0.05) is 5.16 Å². The first-order valence-electron chi connectivity index (χ1n) is 5.89. The molecule has 0 bridgehead atoms. The van der Waals surface area contributed by atoms with E-state index in [1.807, 2.05) is 0 Å². The summed E-state index contributed by atoms with van der Waals surface area (Å²) in [5.74, 6) is 1.07. The van der Waals surface area contributed by atoms with Gasteiger partial charge in [-0.2, -0.15) is 4.98 Å². The second-order valence-corrected chi connectivity index (χ2v) is 3.97. The maximum Gasteiger partial charge on any atom is 0.320 e. The molecule has 0 N–H and O–H groups in total. The summed E-state index contributed by atoms with van der Waals surface area (Å²) in [5.41, 5.74) is 0. The lowest BCUT2D eigenvalue weighted by Crippen LogP contribution is -2.27. The first kappa shape index (κ1) is 13.3. The van der Waals surface area contributed by atoms with Gasteiger partial charge < -0.3 is 13.7 Å². The summed E-state index contributed by atoms with van der Waals surface area (Å²) in [6, 6.07) is 3.50. The number of nitrogens with zero attached hydrogens (tertiary/aromatic N) is 3. The molecule has 0 amide bonds. The smallest absolute Gasteiger partial charge is 0.320 e. The summed E-state index contributed by atoms with van der Waals surface area (Å²) < 4.78 is 15.1. The molecule has 0 aliphatic rings. The highest BCUT2D eigenvalue weighted by Gasteiger charge is 2.14. The highest BCUT2D eigenvalue weighted by molar-refractivity contribution is 5.71. The van der Waals surface area contributed by atoms with Gasteiger partial charge in [-0.3, -0.25) is 9.69 Å². The van der Waals surface area contributed by atoms with Gasteiger partial charge in [0.1, 0.15) is 0 Å². The molecule has 0 radical (unpaired) electrons. The van der Waals surface area contributed by atoms with Gasteiger partial charge in [-0.25, -0.2) is 0 Å². The third-order valence-corrected chi connectivity index (χ3v) is 2.32. The first-order valence-corrected chi connectivity index (χ1v) is 5.89. The van der Waals surface area contributed by atoms with Gasteiger partial charge >= 0.3 is 5.97 Å². The molecule has 7 heteroatoms. The van der Waals surface area contributed by atoms with Crippen LogP contribution in [-0.2, 0) is 16.1 Å². The Kier molecular flexibility index (Phi) is 4.30. The van der Waals surface area contributed by atoms with E-state index in [2.05, 4.69) is 10.1 Å². The molecule has 0 saturated heterocycles. The number of ether oxygens (including phenoxy) is 1. The average molecular weight is 265 g/mol. The van der Waals surface area contributed by atoms with Crippen LogP contribution in [0.25, 0.3) is 11.6 Å². The molecular formula is C12H15N3O4. The van der Waals surface area contributed by atoms with Crippen LogP contribution in [0.5, 0.6) is 0 Å². The number of carbonyl (C=O) groups excluding carboxylic acids is 1. The van der Waals surface area contributed by atoms with Crippen molar-refractivity contribution in [3.63, 3.8) is 0 Å². The molecule has 2 heterocycles. The predicted octanol–water partition coefficient (Wildman–Crippen LogP) is 1.32. The van der Waals surface area contributed by atoms with E-state index >= 15 is 0 Å². The molecule has 2 rings (SSSR count). The number of likely N-dealkylation sites (N-methyl/N-ethyl adjacent to an activating group) is 1. The number of hydrogen-bond acceptors (Lipinski definition) is 7. The van der Waals surface area contributed by atoms with E-state index in [1.165, 1.54) is 6.26 Å². The molecule has 0 aromatic carbocycles. The Morgan fingerprint density at radius 2 is 2.37 bits per heavy atom. The topological polar surface area (TPSA) is 81.6 Å². The second-order valence-electron chi connectivity index (χ2n) is 3.97. The molecule has 0 atom stereocenters. The van der Waals surface area contributed by atoms with Crippen molar-refractivity contribution in [3.05, 3.63) is 24.3 Å². The van der Waals surface area contributed by atoms with E-state index in [9.17, 15) is 4.79 Å². The van der Waals surface area contributed by atoms with Crippen LogP contribution < -0.4 is 0 Å². The zero-order chi connectivity index (χ0) is 13.7. The summed E-state index contributed by atoms with van der Waals surface area (Å²) in [5, 5.41) is 3.80. The molecule has 0 saturated carbocycles. The number of furan rings is 1. The quantitative estimate of drug-likeness (QED) is 0.728. The minimum Gasteiger partial charge on any atom is -0.465 e. The van der Waals surface area contributed by atoms with Gasteiger partial charge in [-0.05, 0) is 26.1 Å². The number of rotatable bonds is 6. The van der Waals surface area contributed by atoms with Gasteiger partial charge in [0.25, 0.3) is 0 Å². The summed E-state index contributed by atoms with van der Waals surface area (Å²) in [7, 11) is 1.77. The summed E-state index contributed by atoms with van der Waals surface area (Å²) in [6.45, 7) is 2.68. The largest absolute Gasteiger partial charge is 0.465 e. The highest BCUT2D eigenvalue weighted by Crippen LogP contribution is 2.16. The second kappa shape index (κ2) is 6.14. The number of hydrogen-bond donors (Lipinski definition) is 0. The highest BCUT2D eigenvalue weighted by atomic mass is 16.5. The van der Waals surface area contributed by atoms with Crippen LogP contribution in [0, 0.1) is 0 Å². The third kappa shape index (κ3) is 3.65. The molecule has 0 unspecified atom stereocenters. The Labute approximate surface area is 110 Å².